The number of carbonyl (C=O) groups is 2. The van der Waals surface area contributed by atoms with Gasteiger partial charge in [-0.2, -0.15) is 4.31 Å². The molecule has 1 heterocycles. The Balaban J connectivity index is 1.54. The fraction of sp³-hybridized carbons (Fsp3) is 0.529. The van der Waals surface area contributed by atoms with Crippen LogP contribution in [0, 0.1) is 5.92 Å². The van der Waals surface area contributed by atoms with Gasteiger partial charge in [0.1, 0.15) is 6.54 Å². The van der Waals surface area contributed by atoms with Crippen molar-refractivity contribution in [3.63, 3.8) is 0 Å². The van der Waals surface area contributed by atoms with Gasteiger partial charge in [0, 0.05) is 18.7 Å². The number of hydrogen-bond donors (Lipinski definition) is 1. The zero-order valence-electron chi connectivity index (χ0n) is 14.3. The van der Waals surface area contributed by atoms with Crippen molar-refractivity contribution >= 4 is 21.9 Å². The molecule has 2 fully saturated rings. The highest BCUT2D eigenvalue weighted by atomic mass is 32.2. The van der Waals surface area contributed by atoms with Crippen LogP contribution < -0.4 is 5.32 Å². The second-order valence-electron chi connectivity index (χ2n) is 6.35. The summed E-state index contributed by atoms with van der Waals surface area (Å²) < 4.78 is 36.6. The number of nitrogens with one attached hydrogen (secondary N) is 1. The van der Waals surface area contributed by atoms with Crippen LogP contribution in [-0.2, 0) is 24.3 Å². The second-order valence-corrected chi connectivity index (χ2v) is 8.29. The summed E-state index contributed by atoms with van der Waals surface area (Å²) in [5.41, 5.74) is 0.279. The Hall–Kier alpha value is -1.97. The van der Waals surface area contributed by atoms with Crippen molar-refractivity contribution in [2.75, 3.05) is 39.5 Å². The number of ether oxygens (including phenoxy) is 2. The molecule has 1 saturated heterocycles. The van der Waals surface area contributed by atoms with E-state index in [-0.39, 0.29) is 17.0 Å². The molecule has 1 aromatic carbocycles. The molecule has 26 heavy (non-hydrogen) atoms. The average molecular weight is 382 g/mol. The number of morpholine rings is 1. The Kier molecular flexibility index (Phi) is 5.90. The normalized spacial score (nSPS) is 18.3. The smallest absolute Gasteiger partial charge is 0.325 e. The van der Waals surface area contributed by atoms with Crippen LogP contribution in [0.1, 0.15) is 23.2 Å². The zero-order chi connectivity index (χ0) is 18.6. The van der Waals surface area contributed by atoms with Crippen LogP contribution in [0.3, 0.4) is 0 Å². The monoisotopic (exact) mass is 382 g/mol. The number of rotatable bonds is 7. The lowest BCUT2D eigenvalue weighted by Gasteiger charge is -2.26. The Morgan fingerprint density at radius 2 is 1.81 bits per heavy atom. The number of carbonyl (C=O) groups excluding carboxylic acids is 2. The number of nitrogens with zero attached hydrogens (tertiary/aromatic N) is 1. The highest BCUT2D eigenvalue weighted by Gasteiger charge is 2.26. The summed E-state index contributed by atoms with van der Waals surface area (Å²) in [6.45, 7) is 1.57. The van der Waals surface area contributed by atoms with Crippen LogP contribution >= 0.6 is 0 Å². The van der Waals surface area contributed by atoms with Gasteiger partial charge in [0.25, 0.3) is 5.91 Å². The van der Waals surface area contributed by atoms with Gasteiger partial charge >= 0.3 is 5.97 Å². The van der Waals surface area contributed by atoms with Crippen molar-refractivity contribution in [1.29, 1.82) is 0 Å². The van der Waals surface area contributed by atoms with Gasteiger partial charge in [-0.25, -0.2) is 8.42 Å². The summed E-state index contributed by atoms with van der Waals surface area (Å²) in [6.07, 6.45) is 2.17. The van der Waals surface area contributed by atoms with Crippen molar-refractivity contribution in [1.82, 2.24) is 9.62 Å². The maximum atomic E-state index is 12.5. The van der Waals surface area contributed by atoms with Crippen molar-refractivity contribution in [3.8, 4) is 0 Å². The van der Waals surface area contributed by atoms with E-state index in [1.807, 2.05) is 0 Å². The molecule has 142 valence electrons. The molecule has 1 aliphatic heterocycles. The number of esters is 1. The molecular weight excluding hydrogens is 360 g/mol. The van der Waals surface area contributed by atoms with Crippen LogP contribution in [0.25, 0.3) is 0 Å². The van der Waals surface area contributed by atoms with Gasteiger partial charge in [-0.3, -0.25) is 9.59 Å². The first-order valence-electron chi connectivity index (χ1n) is 8.58. The number of sulfonamides is 1. The molecule has 2 aliphatic rings. The van der Waals surface area contributed by atoms with E-state index in [1.54, 1.807) is 0 Å². The van der Waals surface area contributed by atoms with Gasteiger partial charge < -0.3 is 14.8 Å². The molecule has 1 N–H and O–H groups in total. The molecular formula is C17H22N2O6S. The lowest BCUT2D eigenvalue weighted by atomic mass is 10.2. The predicted octanol–water partition coefficient (Wildman–Crippen LogP) is 0.391. The number of amides is 1. The van der Waals surface area contributed by atoms with E-state index in [2.05, 4.69) is 5.32 Å². The van der Waals surface area contributed by atoms with Crippen molar-refractivity contribution in [2.45, 2.75) is 17.7 Å². The third-order valence-corrected chi connectivity index (χ3v) is 6.21. The quantitative estimate of drug-likeness (QED) is 0.685. The maximum Gasteiger partial charge on any atom is 0.325 e. The topological polar surface area (TPSA) is 102 Å². The molecule has 3 rings (SSSR count). The summed E-state index contributed by atoms with van der Waals surface area (Å²) in [7, 11) is -3.59. The molecule has 0 radical (unpaired) electrons. The molecule has 1 aromatic rings. The van der Waals surface area contributed by atoms with Crippen LogP contribution in [0.2, 0.25) is 0 Å². The van der Waals surface area contributed by atoms with Gasteiger partial charge in [-0.05, 0) is 43.0 Å². The van der Waals surface area contributed by atoms with Gasteiger partial charge in [0.05, 0.1) is 24.7 Å². The molecule has 0 unspecified atom stereocenters. The number of hydrogen-bond acceptors (Lipinski definition) is 6. The minimum absolute atomic E-state index is 0.125. The minimum Gasteiger partial charge on any atom is -0.464 e. The molecule has 0 spiro atoms. The molecule has 0 bridgehead atoms. The molecule has 9 heteroatoms. The Bertz CT molecular complexity index is 752. The summed E-state index contributed by atoms with van der Waals surface area (Å²) in [5.74, 6) is -0.462. The van der Waals surface area contributed by atoms with E-state index in [0.717, 1.165) is 12.8 Å². The standard InChI is InChI=1S/C17H22N2O6S/c20-16(25-12-13-1-2-13)11-18-17(21)14-3-5-15(6-4-14)26(22,23)19-7-9-24-10-8-19/h3-6,13H,1-2,7-12H2,(H,18,21). The van der Waals surface area contributed by atoms with Crippen molar-refractivity contribution in [2.24, 2.45) is 5.92 Å². The Morgan fingerprint density at radius 3 is 2.42 bits per heavy atom. The first kappa shape index (κ1) is 18.8. The van der Waals surface area contributed by atoms with Crippen molar-refractivity contribution in [3.05, 3.63) is 29.8 Å². The van der Waals surface area contributed by atoms with Gasteiger partial charge in [-0.15, -0.1) is 0 Å². The molecule has 0 atom stereocenters. The highest BCUT2D eigenvalue weighted by Crippen LogP contribution is 2.28. The summed E-state index contributed by atoms with van der Waals surface area (Å²) in [4.78, 5) is 23.7. The highest BCUT2D eigenvalue weighted by molar-refractivity contribution is 7.89. The van der Waals surface area contributed by atoms with E-state index >= 15 is 0 Å². The summed E-state index contributed by atoms with van der Waals surface area (Å²) >= 11 is 0. The molecule has 1 aliphatic carbocycles. The Morgan fingerprint density at radius 1 is 1.15 bits per heavy atom. The maximum absolute atomic E-state index is 12.5. The summed E-state index contributed by atoms with van der Waals surface area (Å²) in [5, 5.41) is 2.47. The molecule has 0 aromatic heterocycles. The SMILES string of the molecule is O=C(CNC(=O)c1ccc(S(=O)(=O)N2CCOCC2)cc1)OCC1CC1. The summed E-state index contributed by atoms with van der Waals surface area (Å²) in [6, 6.07) is 5.65. The van der Waals surface area contributed by atoms with E-state index in [0.29, 0.717) is 38.8 Å². The van der Waals surface area contributed by atoms with Gasteiger partial charge in [-0.1, -0.05) is 0 Å². The Labute approximate surface area is 152 Å². The van der Waals surface area contributed by atoms with Gasteiger partial charge in [0.15, 0.2) is 0 Å². The first-order valence-corrected chi connectivity index (χ1v) is 10.0. The predicted molar refractivity (Wildman–Crippen MR) is 92.0 cm³/mol. The largest absolute Gasteiger partial charge is 0.464 e. The molecule has 1 saturated carbocycles. The van der Waals surface area contributed by atoms with Crippen LogP contribution in [0.15, 0.2) is 29.2 Å². The van der Waals surface area contributed by atoms with Gasteiger partial charge in [0.2, 0.25) is 10.0 Å². The molecule has 8 nitrogen and oxygen atoms in total. The third-order valence-electron chi connectivity index (χ3n) is 4.29. The fourth-order valence-electron chi connectivity index (χ4n) is 2.52. The second kappa shape index (κ2) is 8.15. The molecule has 1 amide bonds. The van der Waals surface area contributed by atoms with Crippen LogP contribution in [0.5, 0.6) is 0 Å². The fourth-order valence-corrected chi connectivity index (χ4v) is 3.92. The lowest BCUT2D eigenvalue weighted by Crippen LogP contribution is -2.40. The number of benzene rings is 1. The van der Waals surface area contributed by atoms with Crippen LogP contribution in [-0.4, -0.2) is 64.1 Å². The van der Waals surface area contributed by atoms with E-state index in [1.165, 1.54) is 28.6 Å². The zero-order valence-corrected chi connectivity index (χ0v) is 15.2. The first-order chi connectivity index (χ1) is 12.5. The average Bonchev–Trinajstić information content (AvgIpc) is 3.49. The van der Waals surface area contributed by atoms with E-state index < -0.39 is 21.9 Å². The van der Waals surface area contributed by atoms with E-state index in [4.69, 9.17) is 9.47 Å². The van der Waals surface area contributed by atoms with E-state index in [9.17, 15) is 18.0 Å². The van der Waals surface area contributed by atoms with Crippen molar-refractivity contribution < 1.29 is 27.5 Å². The van der Waals surface area contributed by atoms with Crippen LogP contribution in [0.4, 0.5) is 0 Å². The minimum atomic E-state index is -3.59. The lowest BCUT2D eigenvalue weighted by molar-refractivity contribution is -0.142. The third kappa shape index (κ3) is 4.80.